The van der Waals surface area contributed by atoms with E-state index in [2.05, 4.69) is 5.73 Å². The van der Waals surface area contributed by atoms with Crippen molar-refractivity contribution in [3.8, 4) is 0 Å². The molecule has 0 aliphatic rings. The molecule has 1 aromatic carbocycles. The van der Waals surface area contributed by atoms with Gasteiger partial charge in [-0.15, -0.1) is 4.83 Å². The highest BCUT2D eigenvalue weighted by Gasteiger charge is 2.72. The molecule has 0 aromatic heterocycles. The number of sulfonamides is 1. The number of aryl methyl sites for hydroxylation is 1. The SMILES string of the molecule is Cc1ccccc1S(=O)(=O)NN(C(N)=O)C(F)(F)C(C)(F)C(F)(F)F. The summed E-state index contributed by atoms with van der Waals surface area (Å²) in [6.07, 6.45) is -6.13. The van der Waals surface area contributed by atoms with E-state index in [4.69, 9.17) is 0 Å². The summed E-state index contributed by atoms with van der Waals surface area (Å²) >= 11 is 0. The van der Waals surface area contributed by atoms with Crippen molar-refractivity contribution in [2.75, 3.05) is 0 Å². The summed E-state index contributed by atoms with van der Waals surface area (Å²) in [7, 11) is -4.96. The normalized spacial score (nSPS) is 15.5. The number of nitrogens with zero attached hydrogens (tertiary/aromatic N) is 1. The first-order chi connectivity index (χ1) is 11.1. The average molecular weight is 393 g/mol. The number of carbonyl (C=O) groups is 1. The summed E-state index contributed by atoms with van der Waals surface area (Å²) in [5.74, 6) is 0. The molecule has 0 heterocycles. The number of benzene rings is 1. The molecule has 0 saturated carbocycles. The fourth-order valence-electron chi connectivity index (χ4n) is 1.65. The third-order valence-corrected chi connectivity index (χ3v) is 4.65. The first-order valence-corrected chi connectivity index (χ1v) is 7.85. The number of primary amides is 1. The molecule has 3 N–H and O–H groups in total. The number of hydrogen-bond acceptors (Lipinski definition) is 3. The quantitative estimate of drug-likeness (QED) is 0.457. The van der Waals surface area contributed by atoms with Crippen LogP contribution in [0.15, 0.2) is 29.2 Å². The lowest BCUT2D eigenvalue weighted by Crippen LogP contribution is -2.68. The minimum Gasteiger partial charge on any atom is -0.350 e. The van der Waals surface area contributed by atoms with E-state index in [0.29, 0.717) is 0 Å². The Balaban J connectivity index is 3.40. The molecule has 1 rings (SSSR count). The van der Waals surface area contributed by atoms with Crippen molar-refractivity contribution in [1.29, 1.82) is 0 Å². The van der Waals surface area contributed by atoms with Gasteiger partial charge >= 0.3 is 18.3 Å². The van der Waals surface area contributed by atoms with E-state index in [-0.39, 0.29) is 5.56 Å². The Morgan fingerprint density at radius 3 is 2.00 bits per heavy atom. The Hall–Kier alpha value is -2.02. The minimum atomic E-state index is -6.13. The molecule has 25 heavy (non-hydrogen) atoms. The number of amides is 2. The van der Waals surface area contributed by atoms with Crippen LogP contribution in [0, 0.1) is 6.92 Å². The second kappa shape index (κ2) is 6.37. The lowest BCUT2D eigenvalue weighted by atomic mass is 10.1. The van der Waals surface area contributed by atoms with Crippen LogP contribution in [0.5, 0.6) is 0 Å². The number of alkyl halides is 6. The molecule has 0 aliphatic carbocycles. The average Bonchev–Trinajstić information content (AvgIpc) is 2.43. The van der Waals surface area contributed by atoms with E-state index in [9.17, 15) is 39.6 Å². The largest absolute Gasteiger partial charge is 0.430 e. The Kier molecular flexibility index (Phi) is 5.35. The van der Waals surface area contributed by atoms with Crippen LogP contribution in [0.25, 0.3) is 0 Å². The van der Waals surface area contributed by atoms with Crippen LogP contribution in [-0.2, 0) is 10.0 Å². The molecular weight excluding hydrogens is 380 g/mol. The van der Waals surface area contributed by atoms with Crippen LogP contribution >= 0.6 is 0 Å². The fourth-order valence-corrected chi connectivity index (χ4v) is 2.94. The summed E-state index contributed by atoms with van der Waals surface area (Å²) in [4.78, 5) is 11.4. The van der Waals surface area contributed by atoms with Crippen molar-refractivity contribution < 1.29 is 39.6 Å². The van der Waals surface area contributed by atoms with Crippen LogP contribution in [0.2, 0.25) is 0 Å². The first-order valence-electron chi connectivity index (χ1n) is 6.37. The Morgan fingerprint density at radius 1 is 1.12 bits per heavy atom. The van der Waals surface area contributed by atoms with Crippen molar-refractivity contribution in [2.24, 2.45) is 5.73 Å². The highest BCUT2D eigenvalue weighted by atomic mass is 32.2. The van der Waals surface area contributed by atoms with Crippen molar-refractivity contribution in [2.45, 2.75) is 36.6 Å². The Labute approximate surface area is 138 Å². The number of urea groups is 1. The molecule has 142 valence electrons. The molecule has 0 radical (unpaired) electrons. The zero-order valence-corrected chi connectivity index (χ0v) is 13.6. The van der Waals surface area contributed by atoms with Crippen LogP contribution in [0.3, 0.4) is 0 Å². The molecule has 1 aromatic rings. The van der Waals surface area contributed by atoms with Gasteiger partial charge in [0.1, 0.15) is 0 Å². The number of carbonyl (C=O) groups excluding carboxylic acids is 1. The number of nitrogens with one attached hydrogen (secondary N) is 1. The van der Waals surface area contributed by atoms with E-state index >= 15 is 0 Å². The molecule has 0 fully saturated rings. The Morgan fingerprint density at radius 2 is 1.60 bits per heavy atom. The zero-order chi connectivity index (χ0) is 19.8. The summed E-state index contributed by atoms with van der Waals surface area (Å²) in [5.41, 5.74) is -0.727. The smallest absolute Gasteiger partial charge is 0.350 e. The molecule has 1 unspecified atom stereocenters. The van der Waals surface area contributed by atoms with Gasteiger partial charge in [0.25, 0.3) is 15.7 Å². The topological polar surface area (TPSA) is 92.5 Å². The number of hydrogen-bond donors (Lipinski definition) is 2. The van der Waals surface area contributed by atoms with Gasteiger partial charge < -0.3 is 5.73 Å². The molecule has 0 saturated heterocycles. The molecule has 2 amide bonds. The van der Waals surface area contributed by atoms with E-state index in [1.54, 1.807) is 0 Å². The molecule has 13 heteroatoms. The summed E-state index contributed by atoms with van der Waals surface area (Å²) < 4.78 is 103. The van der Waals surface area contributed by atoms with E-state index in [1.165, 1.54) is 25.1 Å². The fraction of sp³-hybridized carbons (Fsp3) is 0.417. The van der Waals surface area contributed by atoms with Gasteiger partial charge in [-0.1, -0.05) is 18.2 Å². The number of rotatable bonds is 5. The van der Waals surface area contributed by atoms with Gasteiger partial charge in [0.2, 0.25) is 0 Å². The van der Waals surface area contributed by atoms with Gasteiger partial charge in [0.05, 0.1) is 4.90 Å². The second-order valence-corrected chi connectivity index (χ2v) is 6.71. The van der Waals surface area contributed by atoms with Gasteiger partial charge in [-0.05, 0) is 25.5 Å². The van der Waals surface area contributed by atoms with Gasteiger partial charge in [-0.3, -0.25) is 0 Å². The van der Waals surface area contributed by atoms with Crippen LogP contribution in [0.1, 0.15) is 12.5 Å². The predicted octanol–water partition coefficient (Wildman–Crippen LogP) is 2.45. The molecule has 0 bridgehead atoms. The third kappa shape index (κ3) is 3.81. The number of halogens is 6. The van der Waals surface area contributed by atoms with E-state index < -0.39 is 50.8 Å². The summed E-state index contributed by atoms with van der Waals surface area (Å²) in [5, 5.41) is -1.40. The molecule has 0 aliphatic heterocycles. The Bertz CT molecular complexity index is 764. The number of nitrogens with two attached hydrogens (primary N) is 1. The van der Waals surface area contributed by atoms with Crippen molar-refractivity contribution >= 4 is 16.1 Å². The minimum absolute atomic E-state index is 0.0292. The zero-order valence-electron chi connectivity index (χ0n) is 12.7. The number of hydrazine groups is 1. The maximum atomic E-state index is 14.0. The lowest BCUT2D eigenvalue weighted by molar-refractivity contribution is -0.329. The molecule has 6 nitrogen and oxygen atoms in total. The summed E-state index contributed by atoms with van der Waals surface area (Å²) in [6.45, 7) is 0.710. The van der Waals surface area contributed by atoms with Gasteiger partial charge in [0, 0.05) is 0 Å². The third-order valence-electron chi connectivity index (χ3n) is 3.19. The lowest BCUT2D eigenvalue weighted by Gasteiger charge is -2.37. The van der Waals surface area contributed by atoms with Crippen molar-refractivity contribution in [3.05, 3.63) is 29.8 Å². The van der Waals surface area contributed by atoms with E-state index in [1.807, 2.05) is 0 Å². The summed E-state index contributed by atoms with van der Waals surface area (Å²) in [6, 6.07) is -3.22. The maximum Gasteiger partial charge on any atom is 0.430 e. The molecule has 1 atom stereocenters. The van der Waals surface area contributed by atoms with E-state index in [0.717, 1.165) is 10.9 Å². The van der Waals surface area contributed by atoms with Crippen LogP contribution in [0.4, 0.5) is 31.1 Å². The maximum absolute atomic E-state index is 14.0. The van der Waals surface area contributed by atoms with Crippen LogP contribution in [-0.4, -0.2) is 37.3 Å². The highest BCUT2D eigenvalue weighted by Crippen LogP contribution is 2.46. The molecular formula is C12H13F6N3O3S. The van der Waals surface area contributed by atoms with Gasteiger partial charge in [0.15, 0.2) is 0 Å². The highest BCUT2D eigenvalue weighted by molar-refractivity contribution is 7.89. The van der Waals surface area contributed by atoms with Crippen molar-refractivity contribution in [3.63, 3.8) is 0 Å². The van der Waals surface area contributed by atoms with Crippen molar-refractivity contribution in [1.82, 2.24) is 9.84 Å². The monoisotopic (exact) mass is 393 g/mol. The van der Waals surface area contributed by atoms with Crippen LogP contribution < -0.4 is 10.6 Å². The standard InChI is InChI=1S/C12H13F6N3O3S/c1-7-5-3-4-6-8(7)25(23,24)20-21(9(19)22)12(17,18)10(2,13)11(14,15)16/h3-6,20H,1-2H3,(H2,19,22). The van der Waals surface area contributed by atoms with Gasteiger partial charge in [-0.2, -0.15) is 27.0 Å². The second-order valence-electron chi connectivity index (χ2n) is 5.08. The van der Waals surface area contributed by atoms with Gasteiger partial charge in [-0.25, -0.2) is 17.6 Å². The first kappa shape index (κ1) is 21.0. The predicted molar refractivity (Wildman–Crippen MR) is 73.4 cm³/mol. The molecule has 0 spiro atoms.